The molecular formula is C25H23ClN2O5. The van der Waals surface area contributed by atoms with E-state index in [1.54, 1.807) is 6.92 Å². The minimum absolute atomic E-state index is 0.0987. The van der Waals surface area contributed by atoms with Crippen LogP contribution in [0.5, 0.6) is 0 Å². The van der Waals surface area contributed by atoms with Crippen LogP contribution in [0.4, 0.5) is 5.69 Å². The maximum absolute atomic E-state index is 13.3. The summed E-state index contributed by atoms with van der Waals surface area (Å²) < 4.78 is 5.59. The maximum atomic E-state index is 13.3. The first kappa shape index (κ1) is 22.7. The van der Waals surface area contributed by atoms with Gasteiger partial charge >= 0.3 is 5.97 Å². The number of nitro benzene ring substituents is 1. The molecular weight excluding hydrogens is 444 g/mol. The second kappa shape index (κ2) is 9.58. The molecule has 1 aliphatic carbocycles. The number of benzene rings is 2. The quantitative estimate of drug-likeness (QED) is 0.365. The molecule has 8 heteroatoms. The number of hydrogen-bond donors (Lipinski definition) is 1. The Kier molecular flexibility index (Phi) is 6.60. The fourth-order valence-corrected chi connectivity index (χ4v) is 4.64. The van der Waals surface area contributed by atoms with Gasteiger partial charge in [0, 0.05) is 52.9 Å². The van der Waals surface area contributed by atoms with Crippen molar-refractivity contribution in [3.05, 3.63) is 97.3 Å². The van der Waals surface area contributed by atoms with Crippen LogP contribution in [-0.4, -0.2) is 23.3 Å². The Hall–Kier alpha value is -3.45. The number of ketones is 1. The number of rotatable bonds is 6. The van der Waals surface area contributed by atoms with Crippen molar-refractivity contribution in [1.29, 1.82) is 0 Å². The Labute approximate surface area is 196 Å². The van der Waals surface area contributed by atoms with Crippen LogP contribution < -0.4 is 5.32 Å². The third kappa shape index (κ3) is 4.68. The van der Waals surface area contributed by atoms with Gasteiger partial charge < -0.3 is 10.1 Å². The van der Waals surface area contributed by atoms with Crippen molar-refractivity contribution in [1.82, 2.24) is 5.32 Å². The van der Waals surface area contributed by atoms with Gasteiger partial charge in [0.15, 0.2) is 5.78 Å². The lowest BCUT2D eigenvalue weighted by molar-refractivity contribution is -0.384. The molecule has 170 valence electrons. The molecule has 0 unspecified atom stereocenters. The second-order valence-electron chi connectivity index (χ2n) is 8.10. The standard InChI is InChI=1S/C25H23ClN2O5/c1-15-22(25(30)33-13-12-16-6-3-2-4-7-16)23(24-20(27-15)8-5-9-21(24)29)18-14-17(28(31)32)10-11-19(18)26/h2-4,6-7,10-11,14,23,27H,5,8-9,12-13H2,1H3/t23-/m0/s1. The van der Waals surface area contributed by atoms with E-state index in [1.165, 1.54) is 18.2 Å². The fraction of sp³-hybridized carbons (Fsp3) is 0.280. The van der Waals surface area contributed by atoms with Gasteiger partial charge in [-0.2, -0.15) is 0 Å². The van der Waals surface area contributed by atoms with Crippen LogP contribution in [0.3, 0.4) is 0 Å². The SMILES string of the molecule is CC1=C(C(=O)OCCc2ccccc2)[C@H](c2cc([N+](=O)[O-])ccc2Cl)C2=C(CCCC2=O)N1. The minimum atomic E-state index is -0.828. The molecule has 33 heavy (non-hydrogen) atoms. The molecule has 1 heterocycles. The molecule has 2 aromatic carbocycles. The van der Waals surface area contributed by atoms with Crippen LogP contribution in [0, 0.1) is 10.1 Å². The second-order valence-corrected chi connectivity index (χ2v) is 8.51. The van der Waals surface area contributed by atoms with E-state index in [2.05, 4.69) is 5.32 Å². The number of halogens is 1. The summed E-state index contributed by atoms with van der Waals surface area (Å²) in [5, 5.41) is 14.9. The number of ether oxygens (including phenoxy) is 1. The highest BCUT2D eigenvalue weighted by atomic mass is 35.5. The van der Waals surface area contributed by atoms with Crippen molar-refractivity contribution in [2.24, 2.45) is 0 Å². The third-order valence-corrected chi connectivity index (χ3v) is 6.31. The summed E-state index contributed by atoms with van der Waals surface area (Å²) >= 11 is 6.46. The Morgan fingerprint density at radius 3 is 2.70 bits per heavy atom. The summed E-state index contributed by atoms with van der Waals surface area (Å²) in [6.45, 7) is 1.91. The molecule has 7 nitrogen and oxygen atoms in total. The average Bonchev–Trinajstić information content (AvgIpc) is 2.79. The Morgan fingerprint density at radius 2 is 1.97 bits per heavy atom. The van der Waals surface area contributed by atoms with Crippen molar-refractivity contribution in [2.45, 2.75) is 38.5 Å². The van der Waals surface area contributed by atoms with Crippen molar-refractivity contribution in [2.75, 3.05) is 6.61 Å². The summed E-state index contributed by atoms with van der Waals surface area (Å²) in [5.41, 5.74) is 3.20. The van der Waals surface area contributed by atoms with E-state index in [9.17, 15) is 19.7 Å². The number of nitro groups is 1. The van der Waals surface area contributed by atoms with Gasteiger partial charge in [-0.15, -0.1) is 0 Å². The number of carbonyl (C=O) groups is 2. The number of nitrogens with zero attached hydrogens (tertiary/aromatic N) is 1. The largest absolute Gasteiger partial charge is 0.462 e. The first-order chi connectivity index (χ1) is 15.9. The molecule has 0 amide bonds. The van der Waals surface area contributed by atoms with Gasteiger partial charge in [0.25, 0.3) is 5.69 Å². The first-order valence-electron chi connectivity index (χ1n) is 10.8. The van der Waals surface area contributed by atoms with Gasteiger partial charge in [-0.25, -0.2) is 4.79 Å². The normalized spacial score (nSPS) is 18.0. The van der Waals surface area contributed by atoms with Crippen molar-refractivity contribution in [3.63, 3.8) is 0 Å². The summed E-state index contributed by atoms with van der Waals surface area (Å²) in [4.78, 5) is 37.1. The molecule has 2 aromatic rings. The van der Waals surface area contributed by atoms with E-state index in [-0.39, 0.29) is 28.7 Å². The highest BCUT2D eigenvalue weighted by Gasteiger charge is 2.40. The van der Waals surface area contributed by atoms with E-state index in [0.29, 0.717) is 42.5 Å². The molecule has 1 N–H and O–H groups in total. The number of esters is 1. The smallest absolute Gasteiger partial charge is 0.336 e. The number of non-ortho nitro benzene ring substituents is 1. The number of nitrogens with one attached hydrogen (secondary N) is 1. The first-order valence-corrected chi connectivity index (χ1v) is 11.1. The number of allylic oxidation sites excluding steroid dienone is 3. The van der Waals surface area contributed by atoms with Gasteiger partial charge in [0.1, 0.15) is 0 Å². The number of carbonyl (C=O) groups excluding carboxylic acids is 2. The predicted octanol–water partition coefficient (Wildman–Crippen LogP) is 5.00. The average molecular weight is 467 g/mol. The van der Waals surface area contributed by atoms with E-state index < -0.39 is 16.8 Å². The number of hydrogen-bond acceptors (Lipinski definition) is 6. The van der Waals surface area contributed by atoms with E-state index in [1.807, 2.05) is 30.3 Å². The Morgan fingerprint density at radius 1 is 1.21 bits per heavy atom. The lowest BCUT2D eigenvalue weighted by atomic mass is 9.75. The van der Waals surface area contributed by atoms with Crippen molar-refractivity contribution < 1.29 is 19.2 Å². The summed E-state index contributed by atoms with van der Waals surface area (Å²) in [6.07, 6.45) is 2.24. The highest BCUT2D eigenvalue weighted by molar-refractivity contribution is 6.31. The van der Waals surface area contributed by atoms with E-state index in [0.717, 1.165) is 11.3 Å². The van der Waals surface area contributed by atoms with E-state index >= 15 is 0 Å². The van der Waals surface area contributed by atoms with Gasteiger partial charge in [0.05, 0.1) is 17.1 Å². The van der Waals surface area contributed by atoms with Crippen LogP contribution in [0.15, 0.2) is 71.1 Å². The van der Waals surface area contributed by atoms with Crippen LogP contribution in [0.2, 0.25) is 5.02 Å². The zero-order valence-corrected chi connectivity index (χ0v) is 18.9. The lowest BCUT2D eigenvalue weighted by Gasteiger charge is -2.34. The minimum Gasteiger partial charge on any atom is -0.462 e. The number of dihydropyridines is 1. The molecule has 0 radical (unpaired) electrons. The monoisotopic (exact) mass is 466 g/mol. The van der Waals surface area contributed by atoms with E-state index in [4.69, 9.17) is 16.3 Å². The van der Waals surface area contributed by atoms with Crippen molar-refractivity contribution >= 4 is 29.0 Å². The summed E-state index contributed by atoms with van der Waals surface area (Å²) in [6, 6.07) is 13.7. The zero-order valence-electron chi connectivity index (χ0n) is 18.1. The Balaban J connectivity index is 1.71. The molecule has 0 bridgehead atoms. The predicted molar refractivity (Wildman–Crippen MR) is 124 cm³/mol. The zero-order chi connectivity index (χ0) is 23.5. The molecule has 2 aliphatic rings. The van der Waals surface area contributed by atoms with Crippen molar-refractivity contribution in [3.8, 4) is 0 Å². The lowest BCUT2D eigenvalue weighted by Crippen LogP contribution is -2.34. The van der Waals surface area contributed by atoms with Gasteiger partial charge in [-0.05, 0) is 37.0 Å². The molecule has 0 fully saturated rings. The fourth-order valence-electron chi connectivity index (χ4n) is 4.41. The Bertz CT molecular complexity index is 1190. The van der Waals surface area contributed by atoms with Gasteiger partial charge in [-0.3, -0.25) is 14.9 Å². The molecule has 0 spiro atoms. The molecule has 0 saturated carbocycles. The molecule has 1 aliphatic heterocycles. The van der Waals surface area contributed by atoms with Crippen LogP contribution in [0.1, 0.15) is 43.2 Å². The van der Waals surface area contributed by atoms with Crippen LogP contribution in [-0.2, 0) is 20.7 Å². The number of Topliss-reactive ketones (excluding diaryl/α,β-unsaturated/α-hetero) is 1. The highest BCUT2D eigenvalue weighted by Crippen LogP contribution is 2.45. The van der Waals surface area contributed by atoms with Gasteiger partial charge in [-0.1, -0.05) is 41.9 Å². The van der Waals surface area contributed by atoms with Crippen LogP contribution in [0.25, 0.3) is 0 Å². The molecule has 0 aromatic heterocycles. The van der Waals surface area contributed by atoms with Crippen LogP contribution >= 0.6 is 11.6 Å². The molecule has 4 rings (SSSR count). The summed E-state index contributed by atoms with van der Waals surface area (Å²) in [5.74, 6) is -1.50. The molecule has 1 atom stereocenters. The maximum Gasteiger partial charge on any atom is 0.336 e. The molecule has 0 saturated heterocycles. The third-order valence-electron chi connectivity index (χ3n) is 5.96. The topological polar surface area (TPSA) is 98.5 Å². The van der Waals surface area contributed by atoms with Gasteiger partial charge in [0.2, 0.25) is 0 Å². The summed E-state index contributed by atoms with van der Waals surface area (Å²) in [7, 11) is 0.